The molecule has 1 aromatic heterocycles. The predicted octanol–water partition coefficient (Wildman–Crippen LogP) is 4.62. The van der Waals surface area contributed by atoms with E-state index in [-0.39, 0.29) is 0 Å². The average molecular weight is 385 g/mol. The molecule has 0 radical (unpaired) electrons. The fourth-order valence-electron chi connectivity index (χ4n) is 2.83. The highest BCUT2D eigenvalue weighted by molar-refractivity contribution is 7.99. The summed E-state index contributed by atoms with van der Waals surface area (Å²) in [5.74, 6) is 0.853. The Hall–Kier alpha value is -2.31. The van der Waals surface area contributed by atoms with Crippen LogP contribution in [0.1, 0.15) is 35.5 Å². The molecule has 0 spiro atoms. The molecule has 3 aromatic rings. The van der Waals surface area contributed by atoms with Crippen molar-refractivity contribution in [2.75, 3.05) is 18.8 Å². The van der Waals surface area contributed by atoms with E-state index >= 15 is 0 Å². The van der Waals surface area contributed by atoms with Crippen LogP contribution in [0, 0.1) is 0 Å². The van der Waals surface area contributed by atoms with Crippen molar-refractivity contribution in [1.29, 1.82) is 0 Å². The third-order valence-electron chi connectivity index (χ3n) is 4.23. The van der Waals surface area contributed by atoms with E-state index in [1.807, 2.05) is 36.4 Å². The quantitative estimate of drug-likeness (QED) is 0.371. The lowest BCUT2D eigenvalue weighted by atomic mass is 10.2. The molecule has 0 aliphatic carbocycles. The van der Waals surface area contributed by atoms with Gasteiger partial charge in [0.25, 0.3) is 0 Å². The fourth-order valence-corrected chi connectivity index (χ4v) is 3.88. The number of carboxylic acid groups (broad SMARTS) is 1. The maximum Gasteiger partial charge on any atom is 0.336 e. The average Bonchev–Trinajstić information content (AvgIpc) is 3.09. The van der Waals surface area contributed by atoms with E-state index in [1.165, 1.54) is 0 Å². The zero-order valence-electron chi connectivity index (χ0n) is 15.2. The van der Waals surface area contributed by atoms with Gasteiger partial charge in [-0.25, -0.2) is 9.78 Å². The van der Waals surface area contributed by atoms with Crippen LogP contribution in [0.15, 0.2) is 57.8 Å². The molecule has 0 amide bonds. The van der Waals surface area contributed by atoms with E-state index in [4.69, 9.17) is 4.42 Å². The van der Waals surface area contributed by atoms with Crippen molar-refractivity contribution in [2.45, 2.75) is 30.6 Å². The van der Waals surface area contributed by atoms with E-state index in [0.717, 1.165) is 66.4 Å². The van der Waals surface area contributed by atoms with Gasteiger partial charge in [0.2, 0.25) is 0 Å². The minimum Gasteiger partial charge on any atom is -0.478 e. The molecule has 1 heterocycles. The molecule has 0 saturated carbocycles. The van der Waals surface area contributed by atoms with Gasteiger partial charge in [-0.05, 0) is 49.4 Å². The number of nitrogens with one attached hydrogen (secondary N) is 1. The normalized spacial score (nSPS) is 11.1. The first kappa shape index (κ1) is 19.5. The molecule has 0 bridgehead atoms. The number of oxazole rings is 1. The highest BCUT2D eigenvalue weighted by Crippen LogP contribution is 2.23. The lowest BCUT2D eigenvalue weighted by Crippen LogP contribution is -2.18. The van der Waals surface area contributed by atoms with Gasteiger partial charge in [0.1, 0.15) is 5.52 Å². The van der Waals surface area contributed by atoms with Crippen molar-refractivity contribution < 1.29 is 14.3 Å². The number of thioether (sulfide) groups is 1. The molecule has 27 heavy (non-hydrogen) atoms. The Morgan fingerprint density at radius 3 is 2.70 bits per heavy atom. The van der Waals surface area contributed by atoms with E-state index in [9.17, 15) is 9.90 Å². The zero-order valence-corrected chi connectivity index (χ0v) is 16.0. The molecule has 0 saturated heterocycles. The van der Waals surface area contributed by atoms with Crippen LogP contribution >= 0.6 is 11.8 Å². The van der Waals surface area contributed by atoms with E-state index in [2.05, 4.69) is 10.3 Å². The molecule has 0 atom stereocenters. The number of rotatable bonds is 11. The molecule has 142 valence electrons. The van der Waals surface area contributed by atoms with Crippen LogP contribution < -0.4 is 5.32 Å². The fraction of sp³-hybridized carbons (Fsp3) is 0.333. The van der Waals surface area contributed by atoms with Gasteiger partial charge < -0.3 is 14.8 Å². The smallest absolute Gasteiger partial charge is 0.336 e. The van der Waals surface area contributed by atoms with Crippen LogP contribution in [0.2, 0.25) is 0 Å². The number of aromatic carboxylic acids is 1. The standard InChI is InChI=1S/C21H24N2O3S/c24-21(25)16-8-2-5-11-19(16)27-15-7-1-6-13-22-14-12-20-23-17-9-3-4-10-18(17)26-20/h2-5,8-11,22H,1,6-7,12-15H2,(H,24,25). The van der Waals surface area contributed by atoms with E-state index in [1.54, 1.807) is 23.9 Å². The van der Waals surface area contributed by atoms with Crippen LogP contribution in [0.5, 0.6) is 0 Å². The summed E-state index contributed by atoms with van der Waals surface area (Å²) in [6.07, 6.45) is 4.09. The minimum absolute atomic E-state index is 0.392. The summed E-state index contributed by atoms with van der Waals surface area (Å²) >= 11 is 1.62. The molecule has 0 fully saturated rings. The van der Waals surface area contributed by atoms with Gasteiger partial charge in [-0.3, -0.25) is 0 Å². The van der Waals surface area contributed by atoms with Gasteiger partial charge in [0.15, 0.2) is 11.5 Å². The summed E-state index contributed by atoms with van der Waals surface area (Å²) in [6.45, 7) is 1.82. The maximum atomic E-state index is 11.2. The van der Waals surface area contributed by atoms with Gasteiger partial charge >= 0.3 is 5.97 Å². The molecular weight excluding hydrogens is 360 g/mol. The number of nitrogens with zero attached hydrogens (tertiary/aromatic N) is 1. The first-order valence-corrected chi connectivity index (χ1v) is 10.2. The van der Waals surface area contributed by atoms with Crippen molar-refractivity contribution in [3.63, 3.8) is 0 Å². The maximum absolute atomic E-state index is 11.2. The Kier molecular flexibility index (Phi) is 7.30. The first-order valence-electron chi connectivity index (χ1n) is 9.24. The molecule has 6 heteroatoms. The van der Waals surface area contributed by atoms with Gasteiger partial charge in [-0.2, -0.15) is 0 Å². The minimum atomic E-state index is -0.860. The van der Waals surface area contributed by atoms with Gasteiger partial charge in [0, 0.05) is 17.9 Å². The Balaban J connectivity index is 1.25. The highest BCUT2D eigenvalue weighted by Gasteiger charge is 2.08. The van der Waals surface area contributed by atoms with Crippen LogP contribution in [0.4, 0.5) is 0 Å². The van der Waals surface area contributed by atoms with Crippen LogP contribution in [0.25, 0.3) is 11.1 Å². The van der Waals surface area contributed by atoms with Gasteiger partial charge in [-0.15, -0.1) is 11.8 Å². The molecule has 0 aliphatic heterocycles. The van der Waals surface area contributed by atoms with Crippen molar-refractivity contribution in [2.24, 2.45) is 0 Å². The number of hydrogen-bond donors (Lipinski definition) is 2. The predicted molar refractivity (Wildman–Crippen MR) is 109 cm³/mol. The van der Waals surface area contributed by atoms with Crippen LogP contribution in [0.3, 0.4) is 0 Å². The number of carboxylic acids is 1. The van der Waals surface area contributed by atoms with Gasteiger partial charge in [-0.1, -0.05) is 30.7 Å². The van der Waals surface area contributed by atoms with E-state index in [0.29, 0.717) is 5.56 Å². The first-order chi connectivity index (χ1) is 13.2. The zero-order chi connectivity index (χ0) is 18.9. The Labute approximate surface area is 163 Å². The monoisotopic (exact) mass is 384 g/mol. The molecular formula is C21H24N2O3S. The second kappa shape index (κ2) is 10.1. The number of carbonyl (C=O) groups is 1. The summed E-state index contributed by atoms with van der Waals surface area (Å²) in [6, 6.07) is 15.0. The number of fused-ring (bicyclic) bond motifs is 1. The SMILES string of the molecule is O=C(O)c1ccccc1SCCCCCNCCc1nc2ccccc2o1. The summed E-state index contributed by atoms with van der Waals surface area (Å²) in [5, 5.41) is 12.6. The van der Waals surface area contributed by atoms with Crippen LogP contribution in [-0.2, 0) is 6.42 Å². The highest BCUT2D eigenvalue weighted by atomic mass is 32.2. The molecule has 2 N–H and O–H groups in total. The number of para-hydroxylation sites is 2. The summed E-state index contributed by atoms with van der Waals surface area (Å²) in [4.78, 5) is 16.5. The topological polar surface area (TPSA) is 75.4 Å². The van der Waals surface area contributed by atoms with Crippen molar-refractivity contribution in [1.82, 2.24) is 10.3 Å². The Morgan fingerprint density at radius 2 is 1.85 bits per heavy atom. The largest absolute Gasteiger partial charge is 0.478 e. The Morgan fingerprint density at radius 1 is 1.04 bits per heavy atom. The summed E-state index contributed by atoms with van der Waals surface area (Å²) in [5.41, 5.74) is 2.15. The third-order valence-corrected chi connectivity index (χ3v) is 5.39. The number of hydrogen-bond acceptors (Lipinski definition) is 5. The number of benzene rings is 2. The number of unbranched alkanes of at least 4 members (excludes halogenated alkanes) is 2. The molecule has 0 unspecified atom stereocenters. The molecule has 2 aromatic carbocycles. The molecule has 0 aliphatic rings. The van der Waals surface area contributed by atoms with Crippen molar-refractivity contribution in [3.8, 4) is 0 Å². The Bertz CT molecular complexity index is 845. The third kappa shape index (κ3) is 5.84. The molecule has 5 nitrogen and oxygen atoms in total. The lowest BCUT2D eigenvalue weighted by Gasteiger charge is -2.06. The number of aromatic nitrogens is 1. The summed E-state index contributed by atoms with van der Waals surface area (Å²) in [7, 11) is 0. The van der Waals surface area contributed by atoms with Crippen LogP contribution in [-0.4, -0.2) is 34.9 Å². The second-order valence-corrected chi connectivity index (χ2v) is 7.42. The summed E-state index contributed by atoms with van der Waals surface area (Å²) < 4.78 is 5.70. The van der Waals surface area contributed by atoms with Crippen molar-refractivity contribution in [3.05, 3.63) is 60.0 Å². The second-order valence-electron chi connectivity index (χ2n) is 6.29. The molecule has 3 rings (SSSR count). The van der Waals surface area contributed by atoms with Crippen molar-refractivity contribution >= 4 is 28.8 Å². The van der Waals surface area contributed by atoms with E-state index < -0.39 is 5.97 Å². The lowest BCUT2D eigenvalue weighted by molar-refractivity contribution is 0.0693. The van der Waals surface area contributed by atoms with Gasteiger partial charge in [0.05, 0.1) is 5.56 Å².